The Morgan fingerprint density at radius 3 is 2.50 bits per heavy atom. The lowest BCUT2D eigenvalue weighted by Gasteiger charge is -2.03. The topological polar surface area (TPSA) is 30.9 Å². The molecule has 2 nitrogen and oxygen atoms in total. The van der Waals surface area contributed by atoms with Crippen molar-refractivity contribution in [1.82, 2.24) is 4.57 Å². The SMILES string of the molecule is Cn1cc(Sc2ccccc2N)c2ccccc21. The number of aryl methyl sites for hydroxylation is 1. The van der Waals surface area contributed by atoms with E-state index in [1.54, 1.807) is 11.8 Å². The van der Waals surface area contributed by atoms with Crippen molar-refractivity contribution in [3.05, 3.63) is 54.7 Å². The number of hydrogen-bond acceptors (Lipinski definition) is 2. The highest BCUT2D eigenvalue weighted by molar-refractivity contribution is 7.99. The molecule has 3 rings (SSSR count). The zero-order chi connectivity index (χ0) is 12.5. The molecular formula is C15H14N2S. The Morgan fingerprint density at radius 1 is 0.944 bits per heavy atom. The van der Waals surface area contributed by atoms with E-state index in [-0.39, 0.29) is 0 Å². The molecule has 1 aromatic heterocycles. The second kappa shape index (κ2) is 4.42. The summed E-state index contributed by atoms with van der Waals surface area (Å²) >= 11 is 1.72. The van der Waals surface area contributed by atoms with Crippen LogP contribution in [-0.4, -0.2) is 4.57 Å². The first kappa shape index (κ1) is 11.2. The Bertz CT molecular complexity index is 701. The van der Waals surface area contributed by atoms with Crippen molar-refractivity contribution in [2.75, 3.05) is 5.73 Å². The summed E-state index contributed by atoms with van der Waals surface area (Å²) in [6.45, 7) is 0. The first-order valence-electron chi connectivity index (χ1n) is 5.82. The monoisotopic (exact) mass is 254 g/mol. The van der Waals surface area contributed by atoms with Gasteiger partial charge in [0.2, 0.25) is 0 Å². The first-order chi connectivity index (χ1) is 8.75. The second-order valence-electron chi connectivity index (χ2n) is 4.26. The average Bonchev–Trinajstić information content (AvgIpc) is 2.70. The van der Waals surface area contributed by atoms with Gasteiger partial charge in [-0.3, -0.25) is 0 Å². The maximum Gasteiger partial charge on any atom is 0.0489 e. The van der Waals surface area contributed by atoms with Crippen molar-refractivity contribution in [3.63, 3.8) is 0 Å². The summed E-state index contributed by atoms with van der Waals surface area (Å²) in [4.78, 5) is 2.35. The van der Waals surface area contributed by atoms with E-state index in [2.05, 4.69) is 48.1 Å². The number of para-hydroxylation sites is 2. The molecule has 0 aliphatic carbocycles. The molecule has 0 saturated carbocycles. The van der Waals surface area contributed by atoms with Crippen LogP contribution in [0.4, 0.5) is 5.69 Å². The molecule has 0 bridgehead atoms. The number of fused-ring (bicyclic) bond motifs is 1. The molecule has 0 radical (unpaired) electrons. The third-order valence-electron chi connectivity index (χ3n) is 3.00. The van der Waals surface area contributed by atoms with Gasteiger partial charge in [0.05, 0.1) is 0 Å². The molecule has 0 saturated heterocycles. The van der Waals surface area contributed by atoms with Gasteiger partial charge in [-0.2, -0.15) is 0 Å². The van der Waals surface area contributed by atoms with Gasteiger partial charge in [0, 0.05) is 39.6 Å². The molecule has 90 valence electrons. The molecule has 2 N–H and O–H groups in total. The molecule has 0 unspecified atom stereocenters. The number of anilines is 1. The smallest absolute Gasteiger partial charge is 0.0489 e. The van der Waals surface area contributed by atoms with Crippen molar-refractivity contribution >= 4 is 28.4 Å². The van der Waals surface area contributed by atoms with E-state index in [0.717, 1.165) is 10.6 Å². The van der Waals surface area contributed by atoms with Crippen LogP contribution >= 0.6 is 11.8 Å². The summed E-state index contributed by atoms with van der Waals surface area (Å²) in [7, 11) is 2.07. The van der Waals surface area contributed by atoms with Gasteiger partial charge in [-0.05, 0) is 18.2 Å². The molecule has 0 aliphatic rings. The van der Waals surface area contributed by atoms with E-state index in [4.69, 9.17) is 5.73 Å². The van der Waals surface area contributed by atoms with E-state index >= 15 is 0 Å². The number of rotatable bonds is 2. The van der Waals surface area contributed by atoms with Crippen molar-refractivity contribution < 1.29 is 0 Å². The fourth-order valence-electron chi connectivity index (χ4n) is 2.08. The first-order valence-corrected chi connectivity index (χ1v) is 6.64. The van der Waals surface area contributed by atoms with Gasteiger partial charge in [-0.25, -0.2) is 0 Å². The minimum atomic E-state index is 0.829. The van der Waals surface area contributed by atoms with Gasteiger partial charge in [-0.15, -0.1) is 0 Å². The van der Waals surface area contributed by atoms with Crippen LogP contribution in [-0.2, 0) is 7.05 Å². The van der Waals surface area contributed by atoms with Crippen molar-refractivity contribution in [1.29, 1.82) is 0 Å². The van der Waals surface area contributed by atoms with Crippen LogP contribution in [0.2, 0.25) is 0 Å². The van der Waals surface area contributed by atoms with E-state index in [9.17, 15) is 0 Å². The number of nitrogen functional groups attached to an aromatic ring is 1. The molecule has 0 spiro atoms. The highest BCUT2D eigenvalue weighted by Crippen LogP contribution is 2.36. The lowest BCUT2D eigenvalue weighted by atomic mass is 10.2. The van der Waals surface area contributed by atoms with Crippen LogP contribution in [0.15, 0.2) is 64.5 Å². The second-order valence-corrected chi connectivity index (χ2v) is 5.35. The Hall–Kier alpha value is -1.87. The number of nitrogens with two attached hydrogens (primary N) is 1. The molecule has 2 aromatic carbocycles. The lowest BCUT2D eigenvalue weighted by Crippen LogP contribution is -1.86. The molecule has 0 fully saturated rings. The van der Waals surface area contributed by atoms with Crippen LogP contribution in [0, 0.1) is 0 Å². The molecule has 3 heteroatoms. The number of benzene rings is 2. The molecule has 0 aliphatic heterocycles. The summed E-state index contributed by atoms with van der Waals surface area (Å²) in [6.07, 6.45) is 2.15. The molecule has 0 amide bonds. The van der Waals surface area contributed by atoms with Gasteiger partial charge in [0.25, 0.3) is 0 Å². The van der Waals surface area contributed by atoms with Crippen molar-refractivity contribution in [2.45, 2.75) is 9.79 Å². The molecule has 18 heavy (non-hydrogen) atoms. The minimum absolute atomic E-state index is 0.829. The van der Waals surface area contributed by atoms with E-state index in [1.165, 1.54) is 15.8 Å². The summed E-state index contributed by atoms with van der Waals surface area (Å²) in [5, 5.41) is 1.27. The highest BCUT2D eigenvalue weighted by Gasteiger charge is 2.08. The van der Waals surface area contributed by atoms with Gasteiger partial charge in [0.15, 0.2) is 0 Å². The Kier molecular flexibility index (Phi) is 2.76. The summed E-state index contributed by atoms with van der Waals surface area (Å²) in [5.41, 5.74) is 8.07. The van der Waals surface area contributed by atoms with Gasteiger partial charge in [-0.1, -0.05) is 42.1 Å². The lowest BCUT2D eigenvalue weighted by molar-refractivity contribution is 0.957. The predicted octanol–water partition coefficient (Wildman–Crippen LogP) is 3.91. The van der Waals surface area contributed by atoms with E-state index in [1.807, 2.05) is 18.2 Å². The molecule has 1 heterocycles. The maximum atomic E-state index is 5.99. The average molecular weight is 254 g/mol. The van der Waals surface area contributed by atoms with Gasteiger partial charge >= 0.3 is 0 Å². The minimum Gasteiger partial charge on any atom is -0.398 e. The standard InChI is InChI=1S/C15H14N2S/c1-17-10-15(11-6-2-4-8-13(11)17)18-14-9-5-3-7-12(14)16/h2-10H,16H2,1H3. The molecule has 0 atom stereocenters. The van der Waals surface area contributed by atoms with E-state index < -0.39 is 0 Å². The third kappa shape index (κ3) is 1.87. The fourth-order valence-corrected chi connectivity index (χ4v) is 3.14. The molecular weight excluding hydrogens is 240 g/mol. The normalized spacial score (nSPS) is 10.9. The van der Waals surface area contributed by atoms with Gasteiger partial charge in [0.1, 0.15) is 0 Å². The van der Waals surface area contributed by atoms with Crippen LogP contribution in [0.25, 0.3) is 10.9 Å². The van der Waals surface area contributed by atoms with Crippen LogP contribution in [0.5, 0.6) is 0 Å². The van der Waals surface area contributed by atoms with Crippen LogP contribution in [0.1, 0.15) is 0 Å². The van der Waals surface area contributed by atoms with Crippen molar-refractivity contribution in [2.24, 2.45) is 7.05 Å². The summed E-state index contributed by atoms with van der Waals surface area (Å²) in [6, 6.07) is 16.4. The maximum absolute atomic E-state index is 5.99. The number of hydrogen-bond donors (Lipinski definition) is 1. The quantitative estimate of drug-likeness (QED) is 0.703. The number of aromatic nitrogens is 1. The van der Waals surface area contributed by atoms with E-state index in [0.29, 0.717) is 0 Å². The Labute approximate surface area is 110 Å². The summed E-state index contributed by atoms with van der Waals surface area (Å²) < 4.78 is 2.15. The third-order valence-corrected chi connectivity index (χ3v) is 4.14. The fraction of sp³-hybridized carbons (Fsp3) is 0.0667. The van der Waals surface area contributed by atoms with Gasteiger partial charge < -0.3 is 10.3 Å². The zero-order valence-electron chi connectivity index (χ0n) is 10.1. The Morgan fingerprint density at radius 2 is 1.67 bits per heavy atom. The van der Waals surface area contributed by atoms with Crippen molar-refractivity contribution in [3.8, 4) is 0 Å². The summed E-state index contributed by atoms with van der Waals surface area (Å²) in [5.74, 6) is 0. The Balaban J connectivity index is 2.08. The largest absolute Gasteiger partial charge is 0.398 e. The molecule has 3 aromatic rings. The van der Waals surface area contributed by atoms with Crippen LogP contribution in [0.3, 0.4) is 0 Å². The zero-order valence-corrected chi connectivity index (χ0v) is 10.9. The van der Waals surface area contributed by atoms with Crippen LogP contribution < -0.4 is 5.73 Å². The predicted molar refractivity (Wildman–Crippen MR) is 77.9 cm³/mol. The highest BCUT2D eigenvalue weighted by atomic mass is 32.2. The number of nitrogens with zero attached hydrogens (tertiary/aromatic N) is 1.